The van der Waals surface area contributed by atoms with E-state index in [2.05, 4.69) is 5.32 Å². The van der Waals surface area contributed by atoms with Crippen LogP contribution in [-0.4, -0.2) is 49.8 Å². The summed E-state index contributed by atoms with van der Waals surface area (Å²) in [6.07, 6.45) is 0.385. The number of pyridine rings is 2. The molecule has 12 heteroatoms. The summed E-state index contributed by atoms with van der Waals surface area (Å²) in [5.74, 6) is 5.08. The summed E-state index contributed by atoms with van der Waals surface area (Å²) in [7, 11) is 0. The Bertz CT molecular complexity index is 1610. The highest BCUT2D eigenvalue weighted by Gasteiger charge is 2.34. The number of nitrogens with two attached hydrogens (primary N) is 2. The van der Waals surface area contributed by atoms with E-state index < -0.39 is 24.6 Å². The number of aliphatic hydroxyl groups excluding tert-OH is 2. The van der Waals surface area contributed by atoms with Gasteiger partial charge in [-0.15, -0.1) is 0 Å². The lowest BCUT2D eigenvalue weighted by Gasteiger charge is -2.21. The fraction of sp³-hybridized carbons (Fsp3) is 0.333. The molecule has 1 unspecified atom stereocenters. The molecule has 5 rings (SSSR count). The number of cyclic esters (lactones) is 1. The Morgan fingerprint density at radius 3 is 2.74 bits per heavy atom. The molecule has 2 aromatic heterocycles. The summed E-state index contributed by atoms with van der Waals surface area (Å²) in [6, 6.07) is 5.68. The molecule has 39 heavy (non-hydrogen) atoms. The maximum Gasteiger partial charge on any atom is 0.340 e. The minimum atomic E-state index is -1.53. The zero-order chi connectivity index (χ0) is 28.0. The van der Waals surface area contributed by atoms with E-state index >= 15 is 0 Å². The van der Waals surface area contributed by atoms with Gasteiger partial charge >= 0.3 is 5.97 Å². The quantitative estimate of drug-likeness (QED) is 0.124. The van der Waals surface area contributed by atoms with Crippen molar-refractivity contribution in [3.05, 3.63) is 73.8 Å². The van der Waals surface area contributed by atoms with Crippen LogP contribution in [0.25, 0.3) is 22.3 Å². The Labute approximate surface area is 223 Å². The number of hydrogen-bond acceptors (Lipinski definition) is 10. The molecule has 7 N–H and O–H groups in total. The number of aliphatic hydroxyl groups is 2. The number of carbonyl (C=O) groups is 2. The van der Waals surface area contributed by atoms with Gasteiger partial charge in [0.25, 0.3) is 5.56 Å². The smallest absolute Gasteiger partial charge is 0.340 e. The fourth-order valence-corrected chi connectivity index (χ4v) is 5.06. The van der Waals surface area contributed by atoms with Crippen molar-refractivity contribution in [2.45, 2.75) is 46.1 Å². The van der Waals surface area contributed by atoms with Crippen LogP contribution in [0.4, 0.5) is 0 Å². The lowest BCUT2D eigenvalue weighted by atomic mass is 9.96. The van der Waals surface area contributed by atoms with Gasteiger partial charge in [-0.2, -0.15) is 0 Å². The molecule has 0 radical (unpaired) electrons. The number of nitrogens with one attached hydrogen (secondary N) is 1. The summed E-state index contributed by atoms with van der Waals surface area (Å²) in [4.78, 5) is 41.5. The van der Waals surface area contributed by atoms with Crippen molar-refractivity contribution in [1.29, 1.82) is 0 Å². The van der Waals surface area contributed by atoms with Gasteiger partial charge in [0.05, 0.1) is 35.6 Å². The van der Waals surface area contributed by atoms with Gasteiger partial charge in [0.15, 0.2) is 6.10 Å². The number of amides is 1. The lowest BCUT2D eigenvalue weighted by Crippen LogP contribution is -2.32. The molecule has 4 heterocycles. The SMILES string of the molecule is Cc1cc2nc3c(c(CN(N)/C=C(\N)CCNC(=O)CO)c2cc1C)Cn1c-3cc2c(c1=O)COC(=O)C2O. The molecular formula is C27H30N6O6. The Morgan fingerprint density at radius 2 is 2.00 bits per heavy atom. The van der Waals surface area contributed by atoms with E-state index in [0.717, 1.165) is 33.2 Å². The highest BCUT2D eigenvalue weighted by molar-refractivity contribution is 5.89. The molecule has 2 aliphatic rings. The second kappa shape index (κ2) is 10.1. The van der Waals surface area contributed by atoms with Crippen molar-refractivity contribution in [1.82, 2.24) is 19.9 Å². The number of aryl methyl sites for hydroxylation is 2. The number of nitrogens with zero attached hydrogens (tertiary/aromatic N) is 3. The van der Waals surface area contributed by atoms with E-state index in [1.54, 1.807) is 16.8 Å². The standard InChI is InChI=1S/C27H30N6O6/c1-13-5-16-18(9-32(29)8-15(28)3-4-30-23(35)11-34)19-10-33-22(24(19)31-21(16)6-14(13)2)7-17-20(26(33)37)12-39-27(38)25(17)36/h5-8,25,34,36H,3-4,9-12,28-29H2,1-2H3,(H,30,35)/b15-8-. The van der Waals surface area contributed by atoms with Crippen LogP contribution < -0.4 is 22.5 Å². The maximum absolute atomic E-state index is 13.4. The molecule has 0 saturated carbocycles. The third kappa shape index (κ3) is 4.73. The minimum Gasteiger partial charge on any atom is -0.458 e. The summed E-state index contributed by atoms with van der Waals surface area (Å²) in [5, 5.41) is 24.1. The van der Waals surface area contributed by atoms with Gasteiger partial charge in [0, 0.05) is 41.4 Å². The van der Waals surface area contributed by atoms with Crippen LogP contribution >= 0.6 is 0 Å². The first-order valence-corrected chi connectivity index (χ1v) is 12.5. The highest BCUT2D eigenvalue weighted by atomic mass is 16.5. The molecule has 0 saturated heterocycles. The molecule has 0 fully saturated rings. The first kappa shape index (κ1) is 26.4. The van der Waals surface area contributed by atoms with Gasteiger partial charge in [-0.3, -0.25) is 9.59 Å². The van der Waals surface area contributed by atoms with E-state index in [1.807, 2.05) is 26.0 Å². The first-order valence-electron chi connectivity index (χ1n) is 12.5. The van der Waals surface area contributed by atoms with Crippen LogP contribution in [0.2, 0.25) is 0 Å². The Morgan fingerprint density at radius 1 is 1.26 bits per heavy atom. The molecule has 2 aliphatic heterocycles. The second-order valence-electron chi connectivity index (χ2n) is 9.87. The number of rotatable bonds is 7. The van der Waals surface area contributed by atoms with Crippen LogP contribution in [0, 0.1) is 13.8 Å². The number of hydrogen-bond donors (Lipinski definition) is 5. The largest absolute Gasteiger partial charge is 0.458 e. The molecule has 0 aliphatic carbocycles. The zero-order valence-electron chi connectivity index (χ0n) is 21.7. The van der Waals surface area contributed by atoms with Crippen molar-refractivity contribution in [2.24, 2.45) is 11.6 Å². The average molecular weight is 535 g/mol. The van der Waals surface area contributed by atoms with Gasteiger partial charge in [-0.1, -0.05) is 0 Å². The van der Waals surface area contributed by atoms with Crippen molar-refractivity contribution in [3.63, 3.8) is 0 Å². The number of aromatic nitrogens is 2. The van der Waals surface area contributed by atoms with Crippen LogP contribution in [-0.2, 0) is 34.0 Å². The molecule has 1 aromatic carbocycles. The van der Waals surface area contributed by atoms with E-state index in [9.17, 15) is 19.5 Å². The van der Waals surface area contributed by atoms with Crippen LogP contribution in [0.1, 0.15) is 45.9 Å². The Kier molecular flexibility index (Phi) is 6.85. The number of fused-ring (bicyclic) bond motifs is 5. The van der Waals surface area contributed by atoms with Crippen molar-refractivity contribution in [2.75, 3.05) is 13.2 Å². The Hall–Kier alpha value is -4.26. The van der Waals surface area contributed by atoms with E-state index in [-0.39, 0.29) is 42.9 Å². The maximum atomic E-state index is 13.4. The summed E-state index contributed by atoms with van der Waals surface area (Å²) in [6.45, 7) is 3.96. The number of benzene rings is 1. The monoisotopic (exact) mass is 534 g/mol. The summed E-state index contributed by atoms with van der Waals surface area (Å²) < 4.78 is 6.57. The summed E-state index contributed by atoms with van der Waals surface area (Å²) >= 11 is 0. The van der Waals surface area contributed by atoms with E-state index in [4.69, 9.17) is 26.4 Å². The summed E-state index contributed by atoms with van der Waals surface area (Å²) in [5.41, 5.74) is 12.3. The van der Waals surface area contributed by atoms with Crippen LogP contribution in [0.5, 0.6) is 0 Å². The van der Waals surface area contributed by atoms with Gasteiger partial charge in [-0.05, 0) is 48.7 Å². The van der Waals surface area contributed by atoms with Crippen molar-refractivity contribution >= 4 is 22.8 Å². The van der Waals surface area contributed by atoms with Crippen molar-refractivity contribution < 1.29 is 24.5 Å². The predicted octanol–water partition coefficient (Wildman–Crippen LogP) is 0.107. The fourth-order valence-electron chi connectivity index (χ4n) is 5.06. The second-order valence-corrected chi connectivity index (χ2v) is 9.87. The molecule has 12 nitrogen and oxygen atoms in total. The van der Waals surface area contributed by atoms with Gasteiger partial charge in [0.1, 0.15) is 13.2 Å². The van der Waals surface area contributed by atoms with Gasteiger partial charge < -0.3 is 35.6 Å². The number of esters is 1. The number of ether oxygens (including phenoxy) is 1. The van der Waals surface area contributed by atoms with Crippen LogP contribution in [0.3, 0.4) is 0 Å². The third-order valence-electron chi connectivity index (χ3n) is 7.24. The van der Waals surface area contributed by atoms with E-state index in [1.165, 1.54) is 5.01 Å². The molecule has 0 bridgehead atoms. The van der Waals surface area contributed by atoms with Gasteiger partial charge in [0.2, 0.25) is 5.91 Å². The first-order chi connectivity index (χ1) is 18.6. The zero-order valence-corrected chi connectivity index (χ0v) is 21.7. The molecule has 1 amide bonds. The average Bonchev–Trinajstić information content (AvgIpc) is 3.26. The number of carbonyl (C=O) groups excluding carboxylic acids is 2. The molecule has 204 valence electrons. The predicted molar refractivity (Wildman–Crippen MR) is 141 cm³/mol. The van der Waals surface area contributed by atoms with Crippen molar-refractivity contribution in [3.8, 4) is 11.4 Å². The normalized spacial score (nSPS) is 16.0. The van der Waals surface area contributed by atoms with E-state index in [0.29, 0.717) is 23.5 Å². The number of hydrazine groups is 1. The Balaban J connectivity index is 1.57. The molecule has 1 atom stereocenters. The molecule has 0 spiro atoms. The molecular weight excluding hydrogens is 504 g/mol. The highest BCUT2D eigenvalue weighted by Crippen LogP contribution is 2.38. The van der Waals surface area contributed by atoms with Crippen LogP contribution in [0.15, 0.2) is 34.9 Å². The molecule has 3 aromatic rings. The lowest BCUT2D eigenvalue weighted by molar-refractivity contribution is -0.157. The minimum absolute atomic E-state index is 0.194. The third-order valence-corrected chi connectivity index (χ3v) is 7.24. The van der Waals surface area contributed by atoms with Gasteiger partial charge in [-0.25, -0.2) is 15.6 Å². The topological polar surface area (TPSA) is 186 Å².